The second kappa shape index (κ2) is 7.78. The highest BCUT2D eigenvalue weighted by atomic mass is 32.3. The predicted molar refractivity (Wildman–Crippen MR) is 121 cm³/mol. The van der Waals surface area contributed by atoms with E-state index in [9.17, 15) is 23.4 Å². The number of para-hydroxylation sites is 1. The van der Waals surface area contributed by atoms with Gasteiger partial charge in [-0.2, -0.15) is 0 Å². The van der Waals surface area contributed by atoms with Crippen molar-refractivity contribution in [3.63, 3.8) is 0 Å². The van der Waals surface area contributed by atoms with E-state index in [1.807, 2.05) is 13.8 Å². The summed E-state index contributed by atoms with van der Waals surface area (Å²) < 4.78 is 39.4. The molecule has 0 unspecified atom stereocenters. The fourth-order valence-corrected chi connectivity index (χ4v) is 5.84. The molecule has 0 saturated heterocycles. The van der Waals surface area contributed by atoms with Gasteiger partial charge in [-0.1, -0.05) is 55.7 Å². The van der Waals surface area contributed by atoms with Crippen molar-refractivity contribution in [1.82, 2.24) is 0 Å². The number of rotatable bonds is 5. The number of nitrogens with zero attached hydrogens (tertiary/aromatic N) is 1. The molecule has 8 heteroatoms. The molecular weight excluding hydrogens is 419 g/mol. The first-order valence-electron chi connectivity index (χ1n) is 10.3. The highest BCUT2D eigenvalue weighted by Gasteiger charge is 2.48. The first-order chi connectivity index (χ1) is 14.7. The molecule has 0 fully saturated rings. The number of hydrogen-bond acceptors (Lipinski definition) is 6. The molecule has 1 aliphatic carbocycles. The monoisotopic (exact) mass is 444 g/mol. The highest BCUT2D eigenvalue weighted by Crippen LogP contribution is 2.56. The van der Waals surface area contributed by atoms with Gasteiger partial charge in [-0.05, 0) is 42.7 Å². The zero-order valence-electron chi connectivity index (χ0n) is 17.4. The summed E-state index contributed by atoms with van der Waals surface area (Å²) in [4.78, 5) is 14.1. The van der Waals surface area contributed by atoms with E-state index in [0.29, 0.717) is 36.9 Å². The minimum Gasteiger partial charge on any atom is -0.506 e. The zero-order valence-corrected chi connectivity index (χ0v) is 18.2. The maximum Gasteiger partial charge on any atom is 0.180 e. The molecule has 4 rings (SSSR count). The number of ketones is 1. The molecule has 0 radical (unpaired) electrons. The van der Waals surface area contributed by atoms with Gasteiger partial charge in [-0.15, -0.1) is 4.40 Å². The normalized spacial score (nSPS) is 19.8. The van der Waals surface area contributed by atoms with Crippen molar-refractivity contribution in [2.75, 3.05) is 5.32 Å². The van der Waals surface area contributed by atoms with Gasteiger partial charge in [0, 0.05) is 5.56 Å². The lowest BCUT2D eigenvalue weighted by atomic mass is 9.63. The lowest BCUT2D eigenvalue weighted by Gasteiger charge is -2.40. The topological polar surface area (TPSA) is 102 Å². The lowest BCUT2D eigenvalue weighted by molar-refractivity contribution is -0.121. The Morgan fingerprint density at radius 2 is 1.77 bits per heavy atom. The van der Waals surface area contributed by atoms with E-state index in [1.54, 1.807) is 24.3 Å². The van der Waals surface area contributed by atoms with Crippen LogP contribution in [0.25, 0.3) is 5.76 Å². The Labute approximate surface area is 182 Å². The number of anilines is 1. The molecule has 0 bridgehead atoms. The number of fused-ring (bicyclic) bond motifs is 2. The Kier molecular flexibility index (Phi) is 5.41. The molecule has 2 aliphatic rings. The summed E-state index contributed by atoms with van der Waals surface area (Å²) in [6.07, 6.45) is 2.42. The second-order valence-corrected chi connectivity index (χ2v) is 9.56. The van der Waals surface area contributed by atoms with E-state index in [4.69, 9.17) is 0 Å². The van der Waals surface area contributed by atoms with Crippen LogP contribution in [0.5, 0.6) is 0 Å². The molecule has 0 amide bonds. The predicted octanol–water partition coefficient (Wildman–Crippen LogP) is 6.06. The number of aliphatic hydroxyl groups excluding tert-OH is 1. The van der Waals surface area contributed by atoms with Gasteiger partial charge in [-0.25, -0.2) is 4.39 Å². The Hall–Kier alpha value is -2.68. The highest BCUT2D eigenvalue weighted by molar-refractivity contribution is 8.23. The summed E-state index contributed by atoms with van der Waals surface area (Å²) >= 11 is 0. The van der Waals surface area contributed by atoms with Crippen LogP contribution in [0.2, 0.25) is 0 Å². The summed E-state index contributed by atoms with van der Waals surface area (Å²) in [5, 5.41) is 14.0. The molecule has 0 saturated carbocycles. The fraction of sp³-hybridized carbons (Fsp3) is 0.304. The van der Waals surface area contributed by atoms with Gasteiger partial charge in [0.05, 0.1) is 11.1 Å². The molecule has 1 heterocycles. The molecule has 6 nitrogen and oxygen atoms in total. The Morgan fingerprint density at radius 3 is 2.45 bits per heavy atom. The molecule has 2 aromatic carbocycles. The maximum atomic E-state index is 14.1. The van der Waals surface area contributed by atoms with Crippen LogP contribution in [0.3, 0.4) is 0 Å². The van der Waals surface area contributed by atoms with Crippen LogP contribution in [0.4, 0.5) is 10.1 Å². The SMILES string of the molecule is CCCC1(CCC)C(=O)C(C2=NS(O)(O)c3ccccc3N2)=C(O)c2cc(F)ccc21. The van der Waals surface area contributed by atoms with E-state index in [0.717, 1.165) is 0 Å². The molecule has 1 aliphatic heterocycles. The third-order valence-corrected chi connectivity index (χ3v) is 7.28. The molecule has 4 N–H and O–H groups in total. The molecule has 2 aromatic rings. The Balaban J connectivity index is 1.97. The van der Waals surface area contributed by atoms with E-state index < -0.39 is 27.8 Å². The number of benzene rings is 2. The van der Waals surface area contributed by atoms with Gasteiger partial charge in [0.15, 0.2) is 11.6 Å². The summed E-state index contributed by atoms with van der Waals surface area (Å²) in [5.74, 6) is -1.42. The van der Waals surface area contributed by atoms with Crippen LogP contribution >= 0.6 is 10.8 Å². The van der Waals surface area contributed by atoms with E-state index in [1.165, 1.54) is 18.2 Å². The molecule has 0 atom stereocenters. The van der Waals surface area contributed by atoms with Crippen LogP contribution in [0, 0.1) is 5.82 Å². The molecule has 31 heavy (non-hydrogen) atoms. The number of carbonyl (C=O) groups excluding carboxylic acids is 1. The van der Waals surface area contributed by atoms with Crippen LogP contribution < -0.4 is 5.32 Å². The minimum atomic E-state index is -3.58. The second-order valence-electron chi connectivity index (χ2n) is 7.90. The average molecular weight is 445 g/mol. The first-order valence-corrected chi connectivity index (χ1v) is 11.8. The van der Waals surface area contributed by atoms with Crippen molar-refractivity contribution < 1.29 is 23.4 Å². The number of hydrogen-bond donors (Lipinski definition) is 4. The molecular formula is C23H25FN2O4S. The standard InChI is InChI=1S/C23H25FN2O4S/c1-3-11-23(12-4-2)16-10-9-14(24)13-15(16)20(27)19(21(23)28)22-25-17-7-5-6-8-18(17)31(29,30)26-22/h5-10,13,27,29-30H,3-4,11-12H2,1-2H3,(H,25,26). The van der Waals surface area contributed by atoms with Crippen molar-refractivity contribution in [3.8, 4) is 0 Å². The van der Waals surface area contributed by atoms with E-state index in [-0.39, 0.29) is 27.7 Å². The van der Waals surface area contributed by atoms with Gasteiger partial charge < -0.3 is 10.4 Å². The van der Waals surface area contributed by atoms with Crippen molar-refractivity contribution >= 4 is 33.8 Å². The first kappa shape index (κ1) is 21.5. The minimum absolute atomic E-state index is 0.118. The van der Waals surface area contributed by atoms with Gasteiger partial charge in [-0.3, -0.25) is 13.9 Å². The van der Waals surface area contributed by atoms with Gasteiger partial charge in [0.25, 0.3) is 0 Å². The number of Topliss-reactive ketones (excluding diaryl/α,β-unsaturated/α-hetero) is 1. The zero-order chi connectivity index (χ0) is 22.4. The molecule has 0 spiro atoms. The third-order valence-electron chi connectivity index (χ3n) is 5.89. The van der Waals surface area contributed by atoms with Crippen LogP contribution in [0.1, 0.15) is 50.7 Å². The molecule has 0 aromatic heterocycles. The smallest absolute Gasteiger partial charge is 0.180 e. The Bertz CT molecular complexity index is 1120. The third kappa shape index (κ3) is 3.35. The van der Waals surface area contributed by atoms with Crippen LogP contribution in [0.15, 0.2) is 57.3 Å². The van der Waals surface area contributed by atoms with E-state index >= 15 is 0 Å². The Morgan fingerprint density at radius 1 is 1.10 bits per heavy atom. The number of aliphatic hydroxyl groups is 1. The summed E-state index contributed by atoms with van der Waals surface area (Å²) in [5.41, 5.74) is 0.110. The van der Waals surface area contributed by atoms with Gasteiger partial charge in [0.2, 0.25) is 0 Å². The quantitative estimate of drug-likeness (QED) is 0.449. The number of amidine groups is 1. The number of halogens is 1. The van der Waals surface area contributed by atoms with Crippen molar-refractivity contribution in [1.29, 1.82) is 0 Å². The summed E-state index contributed by atoms with van der Waals surface area (Å²) in [6.45, 7) is 3.93. The van der Waals surface area contributed by atoms with Crippen LogP contribution in [-0.2, 0) is 10.2 Å². The van der Waals surface area contributed by atoms with Gasteiger partial charge in [0.1, 0.15) is 22.0 Å². The van der Waals surface area contributed by atoms with Crippen LogP contribution in [-0.4, -0.2) is 25.8 Å². The number of carbonyl (C=O) groups is 1. The molecule has 164 valence electrons. The van der Waals surface area contributed by atoms with Crippen molar-refractivity contribution in [2.24, 2.45) is 4.40 Å². The lowest BCUT2D eigenvalue weighted by Crippen LogP contribution is -2.44. The fourth-order valence-electron chi connectivity index (χ4n) is 4.67. The summed E-state index contributed by atoms with van der Waals surface area (Å²) in [7, 11) is -3.58. The largest absolute Gasteiger partial charge is 0.506 e. The summed E-state index contributed by atoms with van der Waals surface area (Å²) in [6, 6.07) is 10.6. The van der Waals surface area contributed by atoms with E-state index in [2.05, 4.69) is 9.71 Å². The van der Waals surface area contributed by atoms with Gasteiger partial charge >= 0.3 is 0 Å². The average Bonchev–Trinajstić information content (AvgIpc) is 2.72. The maximum absolute atomic E-state index is 14.1. The van der Waals surface area contributed by atoms with Crippen molar-refractivity contribution in [3.05, 3.63) is 65.0 Å². The number of nitrogens with one attached hydrogen (secondary N) is 1. The van der Waals surface area contributed by atoms with Crippen molar-refractivity contribution in [2.45, 2.75) is 49.8 Å².